The molecule has 1 fully saturated rings. The second kappa shape index (κ2) is 2.10. The Hall–Kier alpha value is -1.30. The van der Waals surface area contributed by atoms with E-state index in [1.807, 2.05) is 0 Å². The second-order valence-electron chi connectivity index (χ2n) is 3.52. The third-order valence-corrected chi connectivity index (χ3v) is 2.62. The maximum absolute atomic E-state index is 2.33. The Morgan fingerprint density at radius 2 is 1.92 bits per heavy atom. The molecule has 1 aromatic carbocycles. The SMILES string of the molecule is C1=CC2CC2=Cc2ccccc21. The molecule has 2 aliphatic rings. The Balaban J connectivity index is 2.24. The van der Waals surface area contributed by atoms with Crippen molar-refractivity contribution in [3.8, 4) is 0 Å². The smallest absolute Gasteiger partial charge is 0.00213 e. The summed E-state index contributed by atoms with van der Waals surface area (Å²) < 4.78 is 0. The summed E-state index contributed by atoms with van der Waals surface area (Å²) in [5.41, 5.74) is 4.33. The summed E-state index contributed by atoms with van der Waals surface area (Å²) in [6.07, 6.45) is 8.18. The standard InChI is InChI=1S/C12H10/c1-2-4-10-7-12-8-11(12)6-5-9(10)3-1/h1-7,11H,8H2. The van der Waals surface area contributed by atoms with E-state index in [0.29, 0.717) is 0 Å². The first kappa shape index (κ1) is 6.24. The van der Waals surface area contributed by atoms with Crippen LogP contribution in [0.3, 0.4) is 0 Å². The van der Waals surface area contributed by atoms with Gasteiger partial charge in [0.1, 0.15) is 0 Å². The van der Waals surface area contributed by atoms with Crippen molar-refractivity contribution in [1.29, 1.82) is 0 Å². The average Bonchev–Trinajstić information content (AvgIpc) is 2.80. The summed E-state index contributed by atoms with van der Waals surface area (Å²) >= 11 is 0. The van der Waals surface area contributed by atoms with Gasteiger partial charge < -0.3 is 0 Å². The summed E-state index contributed by atoms with van der Waals surface area (Å²) in [7, 11) is 0. The first-order valence-corrected chi connectivity index (χ1v) is 4.41. The summed E-state index contributed by atoms with van der Waals surface area (Å²) in [6.45, 7) is 0. The van der Waals surface area contributed by atoms with Crippen LogP contribution >= 0.6 is 0 Å². The second-order valence-corrected chi connectivity index (χ2v) is 3.52. The molecule has 0 amide bonds. The van der Waals surface area contributed by atoms with Gasteiger partial charge in [-0.2, -0.15) is 0 Å². The fourth-order valence-corrected chi connectivity index (χ4v) is 1.77. The molecular formula is C12H10. The maximum atomic E-state index is 2.33. The lowest BCUT2D eigenvalue weighted by Gasteiger charge is -1.97. The number of hydrogen-bond acceptors (Lipinski definition) is 0. The number of hydrogen-bond donors (Lipinski definition) is 0. The topological polar surface area (TPSA) is 0 Å². The summed E-state index contributed by atoms with van der Waals surface area (Å²) in [5.74, 6) is 0.761. The van der Waals surface area contributed by atoms with E-state index in [2.05, 4.69) is 42.5 Å². The highest BCUT2D eigenvalue weighted by atomic mass is 14.3. The molecule has 0 radical (unpaired) electrons. The Bertz CT molecular complexity index is 383. The third-order valence-electron chi connectivity index (χ3n) is 2.62. The van der Waals surface area contributed by atoms with E-state index in [4.69, 9.17) is 0 Å². The molecule has 1 aromatic rings. The fourth-order valence-electron chi connectivity index (χ4n) is 1.77. The molecule has 0 aliphatic heterocycles. The first-order valence-electron chi connectivity index (χ1n) is 4.41. The number of allylic oxidation sites excluding steroid dienone is 2. The highest BCUT2D eigenvalue weighted by molar-refractivity contribution is 5.72. The first-order chi connectivity index (χ1) is 5.93. The maximum Gasteiger partial charge on any atom is 0.00213 e. The zero-order chi connectivity index (χ0) is 7.97. The van der Waals surface area contributed by atoms with Gasteiger partial charge in [0.05, 0.1) is 0 Å². The van der Waals surface area contributed by atoms with Gasteiger partial charge in [-0.15, -0.1) is 0 Å². The minimum absolute atomic E-state index is 0.761. The normalized spacial score (nSPS) is 23.7. The van der Waals surface area contributed by atoms with Gasteiger partial charge in [0, 0.05) is 5.92 Å². The molecule has 3 rings (SSSR count). The summed E-state index contributed by atoms with van der Waals surface area (Å²) in [5, 5.41) is 0. The molecule has 0 nitrogen and oxygen atoms in total. The zero-order valence-corrected chi connectivity index (χ0v) is 6.83. The van der Waals surface area contributed by atoms with Gasteiger partial charge >= 0.3 is 0 Å². The van der Waals surface area contributed by atoms with Gasteiger partial charge in [-0.1, -0.05) is 48.1 Å². The van der Waals surface area contributed by atoms with Crippen molar-refractivity contribution in [2.24, 2.45) is 5.92 Å². The Kier molecular flexibility index (Phi) is 1.09. The Labute approximate surface area is 72.2 Å². The quantitative estimate of drug-likeness (QED) is 0.538. The van der Waals surface area contributed by atoms with Crippen molar-refractivity contribution in [2.45, 2.75) is 6.42 Å². The van der Waals surface area contributed by atoms with Crippen LogP contribution in [0.2, 0.25) is 0 Å². The molecule has 2 aliphatic carbocycles. The van der Waals surface area contributed by atoms with Gasteiger partial charge in [-0.3, -0.25) is 0 Å². The number of rotatable bonds is 0. The van der Waals surface area contributed by atoms with Gasteiger partial charge in [0.25, 0.3) is 0 Å². The lowest BCUT2D eigenvalue weighted by atomic mass is 10.1. The molecule has 0 heteroatoms. The van der Waals surface area contributed by atoms with E-state index < -0.39 is 0 Å². The van der Waals surface area contributed by atoms with Crippen LogP contribution in [-0.4, -0.2) is 0 Å². The van der Waals surface area contributed by atoms with Crippen LogP contribution in [0, 0.1) is 5.92 Å². The van der Waals surface area contributed by atoms with Crippen LogP contribution in [-0.2, 0) is 0 Å². The van der Waals surface area contributed by atoms with Gasteiger partial charge in [-0.25, -0.2) is 0 Å². The average molecular weight is 154 g/mol. The van der Waals surface area contributed by atoms with Crippen molar-refractivity contribution >= 4 is 12.2 Å². The molecule has 1 atom stereocenters. The minimum atomic E-state index is 0.761. The largest absolute Gasteiger partial charge is 0.0764 e. The molecule has 58 valence electrons. The Morgan fingerprint density at radius 1 is 1.08 bits per heavy atom. The van der Waals surface area contributed by atoms with Crippen molar-refractivity contribution in [2.75, 3.05) is 0 Å². The molecule has 0 heterocycles. The van der Waals surface area contributed by atoms with E-state index in [9.17, 15) is 0 Å². The fraction of sp³-hybridized carbons (Fsp3) is 0.167. The van der Waals surface area contributed by atoms with Gasteiger partial charge in [-0.05, 0) is 17.5 Å². The van der Waals surface area contributed by atoms with E-state index in [1.165, 1.54) is 17.5 Å². The van der Waals surface area contributed by atoms with Gasteiger partial charge in [0.2, 0.25) is 0 Å². The predicted octanol–water partition coefficient (Wildman–Crippen LogP) is 3.12. The summed E-state index contributed by atoms with van der Waals surface area (Å²) in [6, 6.07) is 8.56. The van der Waals surface area contributed by atoms with Crippen molar-refractivity contribution in [1.82, 2.24) is 0 Å². The molecule has 0 N–H and O–H groups in total. The van der Waals surface area contributed by atoms with Gasteiger partial charge in [0.15, 0.2) is 0 Å². The molecular weight excluding hydrogens is 144 g/mol. The van der Waals surface area contributed by atoms with E-state index in [-0.39, 0.29) is 0 Å². The van der Waals surface area contributed by atoms with Crippen LogP contribution in [0.4, 0.5) is 0 Å². The van der Waals surface area contributed by atoms with E-state index >= 15 is 0 Å². The highest BCUT2D eigenvalue weighted by Gasteiger charge is 2.27. The zero-order valence-electron chi connectivity index (χ0n) is 6.83. The van der Waals surface area contributed by atoms with E-state index in [0.717, 1.165) is 5.92 Å². The molecule has 0 bridgehead atoms. The van der Waals surface area contributed by atoms with Crippen LogP contribution in [0.15, 0.2) is 35.9 Å². The van der Waals surface area contributed by atoms with Crippen molar-refractivity contribution < 1.29 is 0 Å². The molecule has 1 saturated carbocycles. The predicted molar refractivity (Wildman–Crippen MR) is 51.6 cm³/mol. The van der Waals surface area contributed by atoms with E-state index in [1.54, 1.807) is 5.57 Å². The Morgan fingerprint density at radius 3 is 2.83 bits per heavy atom. The molecule has 0 aromatic heterocycles. The highest BCUT2D eigenvalue weighted by Crippen LogP contribution is 2.42. The molecule has 1 unspecified atom stereocenters. The molecule has 0 saturated heterocycles. The minimum Gasteiger partial charge on any atom is -0.0764 e. The monoisotopic (exact) mass is 154 g/mol. The van der Waals surface area contributed by atoms with Crippen molar-refractivity contribution in [3.05, 3.63) is 47.0 Å². The van der Waals surface area contributed by atoms with Crippen LogP contribution < -0.4 is 0 Å². The number of fused-ring (bicyclic) bond motifs is 2. The lowest BCUT2D eigenvalue weighted by molar-refractivity contribution is 1.17. The summed E-state index contributed by atoms with van der Waals surface area (Å²) in [4.78, 5) is 0. The number of benzene rings is 1. The van der Waals surface area contributed by atoms with Crippen LogP contribution in [0.1, 0.15) is 17.5 Å². The molecule has 12 heavy (non-hydrogen) atoms. The third kappa shape index (κ3) is 0.845. The van der Waals surface area contributed by atoms with Crippen molar-refractivity contribution in [3.63, 3.8) is 0 Å². The van der Waals surface area contributed by atoms with Crippen LogP contribution in [0.5, 0.6) is 0 Å². The molecule has 0 spiro atoms. The van der Waals surface area contributed by atoms with Crippen LogP contribution in [0.25, 0.3) is 12.2 Å². The lowest BCUT2D eigenvalue weighted by Crippen LogP contribution is -1.77.